The van der Waals surface area contributed by atoms with Crippen LogP contribution in [0.5, 0.6) is 0 Å². The summed E-state index contributed by atoms with van der Waals surface area (Å²) in [6.45, 7) is 2.89. The number of nitrogens with zero attached hydrogens (tertiary/aromatic N) is 1. The van der Waals surface area contributed by atoms with Gasteiger partial charge in [0.15, 0.2) is 0 Å². The largest absolute Gasteiger partial charge is 0.481 e. The normalized spacial score (nSPS) is 11.9. The lowest BCUT2D eigenvalue weighted by Gasteiger charge is -2.18. The van der Waals surface area contributed by atoms with E-state index in [0.717, 1.165) is 6.42 Å². The second kappa shape index (κ2) is 7.78. The fraction of sp³-hybridized carbons (Fsp3) is 0.538. The molecule has 0 fully saturated rings. The third kappa shape index (κ3) is 6.24. The number of thiophene rings is 1. The highest BCUT2D eigenvalue weighted by molar-refractivity contribution is 7.09. The average molecular weight is 284 g/mol. The van der Waals surface area contributed by atoms with Gasteiger partial charge in [-0.25, -0.2) is 4.79 Å². The summed E-state index contributed by atoms with van der Waals surface area (Å²) in [5.41, 5.74) is 0. The van der Waals surface area contributed by atoms with E-state index in [9.17, 15) is 9.59 Å². The third-order valence-corrected chi connectivity index (χ3v) is 3.64. The molecule has 0 aliphatic rings. The molecule has 0 radical (unpaired) electrons. The number of urea groups is 1. The van der Waals surface area contributed by atoms with Crippen LogP contribution in [0.1, 0.15) is 18.2 Å². The molecule has 5 nitrogen and oxygen atoms in total. The molecule has 1 heterocycles. The van der Waals surface area contributed by atoms with Gasteiger partial charge < -0.3 is 15.3 Å². The smallest absolute Gasteiger partial charge is 0.317 e. The number of carboxylic acids is 1. The summed E-state index contributed by atoms with van der Waals surface area (Å²) < 4.78 is 0. The number of hydrogen-bond donors (Lipinski definition) is 2. The van der Waals surface area contributed by atoms with Crippen LogP contribution in [0.15, 0.2) is 17.5 Å². The van der Waals surface area contributed by atoms with Gasteiger partial charge in [-0.05, 0) is 23.8 Å². The number of hydrogen-bond acceptors (Lipinski definition) is 3. The monoisotopic (exact) mass is 284 g/mol. The summed E-state index contributed by atoms with van der Waals surface area (Å²) in [5.74, 6) is -0.541. The molecular weight excluding hydrogens is 264 g/mol. The summed E-state index contributed by atoms with van der Waals surface area (Å²) in [6.07, 6.45) is 0.908. The van der Waals surface area contributed by atoms with Gasteiger partial charge in [-0.2, -0.15) is 0 Å². The Morgan fingerprint density at radius 3 is 2.84 bits per heavy atom. The molecule has 0 saturated carbocycles. The molecule has 19 heavy (non-hydrogen) atoms. The van der Waals surface area contributed by atoms with Crippen LogP contribution < -0.4 is 5.32 Å². The Kier molecular flexibility index (Phi) is 6.35. The summed E-state index contributed by atoms with van der Waals surface area (Å²) in [6, 6.07) is 3.88. The van der Waals surface area contributed by atoms with Crippen molar-refractivity contribution < 1.29 is 14.7 Å². The van der Waals surface area contributed by atoms with Crippen LogP contribution >= 0.6 is 11.3 Å². The lowest BCUT2D eigenvalue weighted by molar-refractivity contribution is -0.137. The minimum Gasteiger partial charge on any atom is -0.481 e. The van der Waals surface area contributed by atoms with E-state index in [1.807, 2.05) is 11.4 Å². The Labute approximate surface area is 117 Å². The Hall–Kier alpha value is -1.56. The first-order valence-corrected chi connectivity index (χ1v) is 7.10. The quantitative estimate of drug-likeness (QED) is 0.805. The summed E-state index contributed by atoms with van der Waals surface area (Å²) >= 11 is 1.71. The van der Waals surface area contributed by atoms with Crippen molar-refractivity contribution in [1.82, 2.24) is 10.2 Å². The predicted octanol–water partition coefficient (Wildman–Crippen LogP) is 2.04. The molecule has 1 unspecified atom stereocenters. The second-order valence-electron chi connectivity index (χ2n) is 4.64. The maximum Gasteiger partial charge on any atom is 0.317 e. The first-order valence-electron chi connectivity index (χ1n) is 6.22. The van der Waals surface area contributed by atoms with E-state index in [1.54, 1.807) is 18.4 Å². The molecule has 0 aliphatic carbocycles. The summed E-state index contributed by atoms with van der Waals surface area (Å²) in [4.78, 5) is 24.8. The number of aliphatic carboxylic acids is 1. The topological polar surface area (TPSA) is 69.6 Å². The Bertz CT molecular complexity index is 406. The Morgan fingerprint density at radius 1 is 1.53 bits per heavy atom. The number of rotatable bonds is 7. The minimum atomic E-state index is -0.897. The van der Waals surface area contributed by atoms with Crippen LogP contribution in [0.3, 0.4) is 0 Å². The molecule has 0 aromatic carbocycles. The highest BCUT2D eigenvalue weighted by Crippen LogP contribution is 2.13. The van der Waals surface area contributed by atoms with E-state index in [4.69, 9.17) is 5.11 Å². The van der Waals surface area contributed by atoms with Crippen molar-refractivity contribution in [1.29, 1.82) is 0 Å². The van der Waals surface area contributed by atoms with Crippen molar-refractivity contribution in [3.05, 3.63) is 22.4 Å². The van der Waals surface area contributed by atoms with Crippen LogP contribution in [-0.2, 0) is 11.2 Å². The van der Waals surface area contributed by atoms with Crippen LogP contribution in [-0.4, -0.2) is 42.1 Å². The van der Waals surface area contributed by atoms with Crippen molar-refractivity contribution in [3.8, 4) is 0 Å². The van der Waals surface area contributed by atoms with E-state index in [2.05, 4.69) is 18.3 Å². The van der Waals surface area contributed by atoms with Crippen molar-refractivity contribution in [3.63, 3.8) is 0 Å². The molecule has 2 amide bonds. The van der Waals surface area contributed by atoms with Crippen molar-refractivity contribution in [2.45, 2.75) is 19.8 Å². The van der Waals surface area contributed by atoms with Crippen molar-refractivity contribution in [2.75, 3.05) is 20.1 Å². The standard InChI is InChI=1S/C13H20N2O3S/c1-10(8-11-4-3-7-19-11)9-14-13(18)15(2)6-5-12(16)17/h3-4,7,10H,5-6,8-9H2,1-2H3,(H,14,18)(H,16,17). The first kappa shape index (κ1) is 15.5. The lowest BCUT2D eigenvalue weighted by Crippen LogP contribution is -2.40. The maximum atomic E-state index is 11.7. The lowest BCUT2D eigenvalue weighted by atomic mass is 10.1. The van der Waals surface area contributed by atoms with Crippen LogP contribution in [0, 0.1) is 5.92 Å². The van der Waals surface area contributed by atoms with Gasteiger partial charge >= 0.3 is 12.0 Å². The fourth-order valence-electron chi connectivity index (χ4n) is 1.61. The summed E-state index contributed by atoms with van der Waals surface area (Å²) in [5, 5.41) is 13.4. The van der Waals surface area contributed by atoms with Gasteiger partial charge in [-0.3, -0.25) is 4.79 Å². The summed E-state index contributed by atoms with van der Waals surface area (Å²) in [7, 11) is 1.60. The Morgan fingerprint density at radius 2 is 2.26 bits per heavy atom. The number of carbonyl (C=O) groups is 2. The molecule has 0 bridgehead atoms. The SMILES string of the molecule is CC(CNC(=O)N(C)CCC(=O)O)Cc1cccs1. The van der Waals surface area contributed by atoms with E-state index >= 15 is 0 Å². The van der Waals surface area contributed by atoms with Gasteiger partial charge in [0.1, 0.15) is 0 Å². The van der Waals surface area contributed by atoms with Crippen LogP contribution in [0.25, 0.3) is 0 Å². The van der Waals surface area contributed by atoms with E-state index in [-0.39, 0.29) is 19.0 Å². The van der Waals surface area contributed by atoms with Gasteiger partial charge in [0.25, 0.3) is 0 Å². The van der Waals surface area contributed by atoms with Crippen molar-refractivity contribution in [2.24, 2.45) is 5.92 Å². The number of carbonyl (C=O) groups excluding carboxylic acids is 1. The van der Waals surface area contributed by atoms with Crippen LogP contribution in [0.4, 0.5) is 4.79 Å². The van der Waals surface area contributed by atoms with Crippen LogP contribution in [0.2, 0.25) is 0 Å². The molecule has 2 N–H and O–H groups in total. The molecule has 0 spiro atoms. The van der Waals surface area contributed by atoms with E-state index < -0.39 is 5.97 Å². The molecule has 0 aliphatic heterocycles. The molecule has 0 saturated heterocycles. The molecule has 1 atom stereocenters. The Balaban J connectivity index is 2.23. The number of carboxylic acid groups (broad SMARTS) is 1. The zero-order valence-corrected chi connectivity index (χ0v) is 12.1. The highest BCUT2D eigenvalue weighted by Gasteiger charge is 2.11. The number of nitrogens with one attached hydrogen (secondary N) is 1. The molecular formula is C13H20N2O3S. The van der Waals surface area contributed by atoms with Gasteiger partial charge in [-0.15, -0.1) is 11.3 Å². The van der Waals surface area contributed by atoms with E-state index in [0.29, 0.717) is 12.5 Å². The second-order valence-corrected chi connectivity index (χ2v) is 5.67. The highest BCUT2D eigenvalue weighted by atomic mass is 32.1. The van der Waals surface area contributed by atoms with Gasteiger partial charge in [0.05, 0.1) is 6.42 Å². The van der Waals surface area contributed by atoms with Gasteiger partial charge in [0.2, 0.25) is 0 Å². The zero-order chi connectivity index (χ0) is 14.3. The molecule has 6 heteroatoms. The van der Waals surface area contributed by atoms with Crippen molar-refractivity contribution >= 4 is 23.3 Å². The molecule has 1 aromatic heterocycles. The van der Waals surface area contributed by atoms with E-state index in [1.165, 1.54) is 9.78 Å². The first-order chi connectivity index (χ1) is 8.99. The predicted molar refractivity (Wildman–Crippen MR) is 75.5 cm³/mol. The number of amides is 2. The third-order valence-electron chi connectivity index (χ3n) is 2.74. The molecule has 1 rings (SSSR count). The van der Waals surface area contributed by atoms with Gasteiger partial charge in [0, 0.05) is 25.0 Å². The fourth-order valence-corrected chi connectivity index (χ4v) is 2.48. The minimum absolute atomic E-state index is 0.0331. The molecule has 106 valence electrons. The van der Waals surface area contributed by atoms with Gasteiger partial charge in [-0.1, -0.05) is 13.0 Å². The zero-order valence-electron chi connectivity index (χ0n) is 11.3. The maximum absolute atomic E-state index is 11.7. The molecule has 1 aromatic rings. The average Bonchev–Trinajstić information content (AvgIpc) is 2.85.